The molecule has 7 nitrogen and oxygen atoms in total. The molecule has 0 unspecified atom stereocenters. The lowest BCUT2D eigenvalue weighted by Gasteiger charge is -2.03. The standard InChI is InChI=1S/C8H8N4O3S/c1-11(2)8-10-9-7(16-8)5-3-4-6(15-5)12(13)14/h3-4H,1-2H3. The van der Waals surface area contributed by atoms with Gasteiger partial charge in [0.05, 0.1) is 6.07 Å². The van der Waals surface area contributed by atoms with Crippen molar-refractivity contribution in [3.63, 3.8) is 0 Å². The molecule has 0 aliphatic rings. The van der Waals surface area contributed by atoms with Crippen LogP contribution in [0.3, 0.4) is 0 Å². The van der Waals surface area contributed by atoms with Gasteiger partial charge in [0.1, 0.15) is 4.92 Å². The van der Waals surface area contributed by atoms with Crippen molar-refractivity contribution >= 4 is 22.4 Å². The number of nitrogens with zero attached hydrogens (tertiary/aromatic N) is 4. The second-order valence-electron chi connectivity index (χ2n) is 3.18. The van der Waals surface area contributed by atoms with Gasteiger partial charge in [-0.25, -0.2) is 0 Å². The van der Waals surface area contributed by atoms with E-state index >= 15 is 0 Å². The first kappa shape index (κ1) is 10.6. The van der Waals surface area contributed by atoms with Crippen molar-refractivity contribution < 1.29 is 9.34 Å². The summed E-state index contributed by atoms with van der Waals surface area (Å²) >= 11 is 1.31. The Bertz CT molecular complexity index is 519. The van der Waals surface area contributed by atoms with Gasteiger partial charge in [-0.15, -0.1) is 10.2 Å². The van der Waals surface area contributed by atoms with E-state index in [4.69, 9.17) is 4.42 Å². The molecule has 0 aromatic carbocycles. The summed E-state index contributed by atoms with van der Waals surface area (Å²) in [5.41, 5.74) is 0. The molecule has 0 spiro atoms. The first-order valence-electron chi connectivity index (χ1n) is 4.33. The zero-order chi connectivity index (χ0) is 11.7. The summed E-state index contributed by atoms with van der Waals surface area (Å²) < 4.78 is 5.01. The second kappa shape index (κ2) is 3.89. The molecule has 2 aromatic rings. The summed E-state index contributed by atoms with van der Waals surface area (Å²) in [5, 5.41) is 19.5. The van der Waals surface area contributed by atoms with Gasteiger partial charge in [-0.05, 0) is 6.07 Å². The molecule has 2 heterocycles. The van der Waals surface area contributed by atoms with Crippen molar-refractivity contribution in [1.82, 2.24) is 10.2 Å². The highest BCUT2D eigenvalue weighted by Gasteiger charge is 2.16. The van der Waals surface area contributed by atoms with E-state index < -0.39 is 4.92 Å². The molecule has 2 aromatic heterocycles. The molecule has 0 aliphatic carbocycles. The van der Waals surface area contributed by atoms with Crippen LogP contribution in [0, 0.1) is 10.1 Å². The van der Waals surface area contributed by atoms with Gasteiger partial charge in [0.25, 0.3) is 0 Å². The molecule has 0 radical (unpaired) electrons. The highest BCUT2D eigenvalue weighted by Crippen LogP contribution is 2.30. The summed E-state index contributed by atoms with van der Waals surface area (Å²) in [7, 11) is 3.68. The topological polar surface area (TPSA) is 85.3 Å². The Kier molecular flexibility index (Phi) is 2.57. The van der Waals surface area contributed by atoms with Crippen LogP contribution in [0.5, 0.6) is 0 Å². The number of anilines is 1. The molecule has 8 heteroatoms. The van der Waals surface area contributed by atoms with Crippen LogP contribution in [-0.4, -0.2) is 29.2 Å². The van der Waals surface area contributed by atoms with E-state index in [1.807, 2.05) is 14.1 Å². The highest BCUT2D eigenvalue weighted by molar-refractivity contribution is 7.18. The van der Waals surface area contributed by atoms with Crippen molar-refractivity contribution in [3.8, 4) is 10.8 Å². The van der Waals surface area contributed by atoms with Gasteiger partial charge in [0.2, 0.25) is 5.13 Å². The lowest BCUT2D eigenvalue weighted by atomic mass is 10.5. The summed E-state index contributed by atoms with van der Waals surface area (Å²) in [4.78, 5) is 11.6. The minimum atomic E-state index is -0.586. The van der Waals surface area contributed by atoms with Crippen LogP contribution in [0.25, 0.3) is 10.8 Å². The normalized spacial score (nSPS) is 10.4. The maximum absolute atomic E-state index is 10.4. The third kappa shape index (κ3) is 1.87. The summed E-state index contributed by atoms with van der Waals surface area (Å²) in [6, 6.07) is 2.81. The van der Waals surface area contributed by atoms with Gasteiger partial charge in [-0.1, -0.05) is 11.3 Å². The minimum Gasteiger partial charge on any atom is -0.398 e. The van der Waals surface area contributed by atoms with Crippen LogP contribution in [0.15, 0.2) is 16.5 Å². The lowest BCUT2D eigenvalue weighted by Crippen LogP contribution is -2.07. The highest BCUT2D eigenvalue weighted by atomic mass is 32.1. The third-order valence-corrected chi connectivity index (χ3v) is 2.89. The second-order valence-corrected chi connectivity index (χ2v) is 4.14. The van der Waals surface area contributed by atoms with Gasteiger partial charge in [-0.2, -0.15) is 0 Å². The summed E-state index contributed by atoms with van der Waals surface area (Å²) in [5.74, 6) is 0.0638. The van der Waals surface area contributed by atoms with Crippen LogP contribution in [0.1, 0.15) is 0 Å². The Morgan fingerprint density at radius 3 is 2.69 bits per heavy atom. The number of hydrogen-bond acceptors (Lipinski definition) is 7. The molecule has 0 saturated carbocycles. The predicted octanol–water partition coefficient (Wildman–Crippen LogP) is 1.77. The van der Waals surface area contributed by atoms with Crippen LogP contribution in [-0.2, 0) is 0 Å². The molecule has 0 N–H and O–H groups in total. The maximum Gasteiger partial charge on any atom is 0.433 e. The van der Waals surface area contributed by atoms with Crippen molar-refractivity contribution in [3.05, 3.63) is 22.2 Å². The van der Waals surface area contributed by atoms with Crippen molar-refractivity contribution in [2.24, 2.45) is 0 Å². The van der Waals surface area contributed by atoms with Gasteiger partial charge in [-0.3, -0.25) is 10.1 Å². The van der Waals surface area contributed by atoms with Gasteiger partial charge in [0.15, 0.2) is 10.8 Å². The number of rotatable bonds is 3. The fourth-order valence-corrected chi connectivity index (χ4v) is 1.77. The zero-order valence-electron chi connectivity index (χ0n) is 8.58. The summed E-state index contributed by atoms with van der Waals surface area (Å²) in [6.45, 7) is 0. The molecule has 0 fully saturated rings. The fourth-order valence-electron chi connectivity index (χ4n) is 1.04. The average Bonchev–Trinajstić information content (AvgIpc) is 2.86. The van der Waals surface area contributed by atoms with Crippen molar-refractivity contribution in [2.45, 2.75) is 0 Å². The molecule has 0 amide bonds. The van der Waals surface area contributed by atoms with E-state index in [2.05, 4.69) is 10.2 Å². The first-order valence-corrected chi connectivity index (χ1v) is 5.15. The lowest BCUT2D eigenvalue weighted by molar-refractivity contribution is -0.401. The van der Waals surface area contributed by atoms with E-state index in [0.29, 0.717) is 15.9 Å². The van der Waals surface area contributed by atoms with E-state index in [-0.39, 0.29) is 5.88 Å². The largest absolute Gasteiger partial charge is 0.433 e. The fraction of sp³-hybridized carbons (Fsp3) is 0.250. The first-order chi connectivity index (χ1) is 7.58. The van der Waals surface area contributed by atoms with Crippen molar-refractivity contribution in [2.75, 3.05) is 19.0 Å². The number of furan rings is 1. The molecular weight excluding hydrogens is 232 g/mol. The van der Waals surface area contributed by atoms with Gasteiger partial charge < -0.3 is 9.32 Å². The van der Waals surface area contributed by atoms with E-state index in [1.54, 1.807) is 4.90 Å². The monoisotopic (exact) mass is 240 g/mol. The van der Waals surface area contributed by atoms with Crippen molar-refractivity contribution in [1.29, 1.82) is 0 Å². The Labute approximate surface area is 94.5 Å². The molecule has 0 atom stereocenters. The Morgan fingerprint density at radius 2 is 2.19 bits per heavy atom. The number of nitro groups is 1. The zero-order valence-corrected chi connectivity index (χ0v) is 9.39. The Balaban J connectivity index is 2.31. The minimum absolute atomic E-state index is 0.295. The van der Waals surface area contributed by atoms with Crippen LogP contribution in [0.2, 0.25) is 0 Å². The SMILES string of the molecule is CN(C)c1nnc(-c2ccc([N+](=O)[O-])o2)s1. The predicted molar refractivity (Wildman–Crippen MR) is 58.6 cm³/mol. The third-order valence-electron chi connectivity index (χ3n) is 1.78. The molecule has 0 bridgehead atoms. The number of aromatic nitrogens is 2. The summed E-state index contributed by atoms with van der Waals surface area (Å²) in [6.07, 6.45) is 0. The average molecular weight is 240 g/mol. The molecular formula is C8H8N4O3S. The van der Waals surface area contributed by atoms with E-state index in [9.17, 15) is 10.1 Å². The Hall–Kier alpha value is -1.96. The molecule has 2 rings (SSSR count). The Morgan fingerprint density at radius 1 is 1.44 bits per heavy atom. The van der Waals surface area contributed by atoms with Crippen LogP contribution >= 0.6 is 11.3 Å². The quantitative estimate of drug-likeness (QED) is 0.600. The van der Waals surface area contributed by atoms with Crippen LogP contribution in [0.4, 0.5) is 11.0 Å². The van der Waals surface area contributed by atoms with Gasteiger partial charge >= 0.3 is 5.88 Å². The number of hydrogen-bond donors (Lipinski definition) is 0. The molecule has 84 valence electrons. The van der Waals surface area contributed by atoms with Crippen LogP contribution < -0.4 is 4.90 Å². The molecule has 0 aliphatic heterocycles. The maximum atomic E-state index is 10.4. The van der Waals surface area contributed by atoms with E-state index in [0.717, 1.165) is 0 Å². The van der Waals surface area contributed by atoms with Gasteiger partial charge in [0, 0.05) is 14.1 Å². The van der Waals surface area contributed by atoms with E-state index in [1.165, 1.54) is 23.5 Å². The smallest absolute Gasteiger partial charge is 0.398 e. The molecule has 16 heavy (non-hydrogen) atoms. The molecule has 0 saturated heterocycles.